The van der Waals surface area contributed by atoms with Crippen molar-refractivity contribution in [3.05, 3.63) is 198 Å². The fourth-order valence-electron chi connectivity index (χ4n) is 9.52. The lowest BCUT2D eigenvalue weighted by Gasteiger charge is -2.32. The summed E-state index contributed by atoms with van der Waals surface area (Å²) in [6, 6.07) is 64.6. The second kappa shape index (κ2) is 10.3. The molecule has 0 radical (unpaired) electrons. The highest BCUT2D eigenvalue weighted by Crippen LogP contribution is 2.65. The first-order chi connectivity index (χ1) is 25.8. The van der Waals surface area contributed by atoms with Gasteiger partial charge in [-0.3, -0.25) is 0 Å². The topological polar surface area (TPSA) is 16.4 Å². The molecule has 2 aromatic heterocycles. The fraction of sp³-hybridized carbons (Fsp3) is 0.0204. The maximum absolute atomic E-state index is 6.35. The number of rotatable bonds is 3. The van der Waals surface area contributed by atoms with Crippen molar-refractivity contribution in [3.63, 3.8) is 0 Å². The monoisotopic (exact) mass is 679 g/mol. The smallest absolute Gasteiger partial charge is 0.136 e. The molecule has 0 amide bonds. The molecule has 12 rings (SSSR count). The first-order valence-corrected chi connectivity index (χ1v) is 18.7. The van der Waals surface area contributed by atoms with Gasteiger partial charge in [-0.25, -0.2) is 0 Å². The summed E-state index contributed by atoms with van der Waals surface area (Å²) in [5.41, 5.74) is 15.5. The lowest BCUT2D eigenvalue weighted by molar-refractivity contribution is 0.669. The van der Waals surface area contributed by atoms with E-state index in [-0.39, 0.29) is 0 Å². The van der Waals surface area contributed by atoms with Crippen molar-refractivity contribution in [1.29, 1.82) is 0 Å². The predicted molar refractivity (Wildman–Crippen MR) is 218 cm³/mol. The third-order valence-corrected chi connectivity index (χ3v) is 12.7. The second-order valence-electron chi connectivity index (χ2n) is 13.9. The summed E-state index contributed by atoms with van der Waals surface area (Å²) >= 11 is 1.87. The van der Waals surface area contributed by atoms with E-state index in [9.17, 15) is 0 Å². The summed E-state index contributed by atoms with van der Waals surface area (Å²) in [7, 11) is 0. The minimum absolute atomic E-state index is 0.408. The highest BCUT2D eigenvalue weighted by atomic mass is 32.1. The Labute approximate surface area is 304 Å². The number of anilines is 3. The number of thiophene rings is 1. The molecule has 52 heavy (non-hydrogen) atoms. The van der Waals surface area contributed by atoms with E-state index >= 15 is 0 Å². The highest BCUT2D eigenvalue weighted by Gasteiger charge is 2.52. The number of fused-ring (bicyclic) bond motifs is 17. The highest BCUT2D eigenvalue weighted by molar-refractivity contribution is 7.27. The maximum Gasteiger partial charge on any atom is 0.136 e. The van der Waals surface area contributed by atoms with Crippen LogP contribution >= 0.6 is 11.3 Å². The van der Waals surface area contributed by atoms with Crippen molar-refractivity contribution in [2.75, 3.05) is 4.90 Å². The van der Waals surface area contributed by atoms with Gasteiger partial charge in [-0.05, 0) is 81.4 Å². The van der Waals surface area contributed by atoms with Crippen molar-refractivity contribution >= 4 is 70.5 Å². The molecule has 8 aromatic carbocycles. The quantitative estimate of drug-likeness (QED) is 0.185. The second-order valence-corrected chi connectivity index (χ2v) is 14.9. The van der Waals surface area contributed by atoms with Crippen molar-refractivity contribution in [2.45, 2.75) is 5.41 Å². The van der Waals surface area contributed by atoms with Gasteiger partial charge in [0.2, 0.25) is 0 Å². The van der Waals surface area contributed by atoms with Crippen LogP contribution in [0, 0.1) is 0 Å². The van der Waals surface area contributed by atoms with Crippen LogP contribution in [0.25, 0.3) is 64.4 Å². The normalized spacial score (nSPS) is 13.5. The first kappa shape index (κ1) is 28.3. The lowest BCUT2D eigenvalue weighted by atomic mass is 9.70. The summed E-state index contributed by atoms with van der Waals surface area (Å²) in [6.07, 6.45) is 0. The lowest BCUT2D eigenvalue weighted by Crippen LogP contribution is -2.26. The van der Waals surface area contributed by atoms with E-state index in [1.165, 1.54) is 81.4 Å². The van der Waals surface area contributed by atoms with E-state index < -0.39 is 5.41 Å². The zero-order chi connectivity index (χ0) is 34.0. The molecular formula is C49H29NOS. The number of hydrogen-bond acceptors (Lipinski definition) is 3. The summed E-state index contributed by atoms with van der Waals surface area (Å²) in [4.78, 5) is 2.50. The molecular weight excluding hydrogens is 651 g/mol. The maximum atomic E-state index is 6.35. The number of benzene rings is 8. The molecule has 0 fully saturated rings. The van der Waals surface area contributed by atoms with Gasteiger partial charge in [0.15, 0.2) is 0 Å². The Balaban J connectivity index is 1.19. The Hall–Kier alpha value is -6.42. The molecule has 2 heterocycles. The molecule has 1 spiro atoms. The molecule has 0 atom stereocenters. The summed E-state index contributed by atoms with van der Waals surface area (Å²) in [5, 5.41) is 4.88. The van der Waals surface area contributed by atoms with Crippen LogP contribution in [0.3, 0.4) is 0 Å². The Bertz CT molecular complexity index is 3050. The molecule has 0 unspecified atom stereocenters. The third kappa shape index (κ3) is 3.48. The van der Waals surface area contributed by atoms with Gasteiger partial charge >= 0.3 is 0 Å². The van der Waals surface area contributed by atoms with Crippen LogP contribution in [0.4, 0.5) is 17.1 Å². The van der Waals surface area contributed by atoms with Gasteiger partial charge in [0.05, 0.1) is 21.5 Å². The van der Waals surface area contributed by atoms with E-state index in [4.69, 9.17) is 4.42 Å². The van der Waals surface area contributed by atoms with Crippen LogP contribution in [0.1, 0.15) is 22.3 Å². The van der Waals surface area contributed by atoms with Crippen LogP contribution in [0.2, 0.25) is 0 Å². The van der Waals surface area contributed by atoms with Gasteiger partial charge < -0.3 is 9.32 Å². The van der Waals surface area contributed by atoms with E-state index in [0.717, 1.165) is 22.2 Å². The van der Waals surface area contributed by atoms with Crippen LogP contribution < -0.4 is 4.90 Å². The average molecular weight is 680 g/mol. The molecule has 0 saturated carbocycles. The van der Waals surface area contributed by atoms with Gasteiger partial charge in [-0.1, -0.05) is 133 Å². The molecule has 10 aromatic rings. The number of furan rings is 1. The standard InChI is InChI=1S/C49H29NOS/c1-2-14-30(15-3-1)50(42-26-12-20-33-34-28-29-44-46(48(34)52-47(33)42)36-19-7-11-27-43(36)51-44)41-25-13-24-40-45(41)35-18-6-10-23-39(35)49(40)37-21-8-4-16-31(37)32-17-5-9-22-38(32)49/h1-29H. The third-order valence-electron chi connectivity index (χ3n) is 11.5. The Morgan fingerprint density at radius 3 is 1.77 bits per heavy atom. The molecule has 2 nitrogen and oxygen atoms in total. The molecule has 0 saturated heterocycles. The van der Waals surface area contributed by atoms with Crippen LogP contribution in [-0.2, 0) is 5.41 Å². The van der Waals surface area contributed by atoms with Crippen molar-refractivity contribution < 1.29 is 4.42 Å². The van der Waals surface area contributed by atoms with Crippen molar-refractivity contribution in [1.82, 2.24) is 0 Å². The van der Waals surface area contributed by atoms with Gasteiger partial charge in [-0.2, -0.15) is 0 Å². The van der Waals surface area contributed by atoms with Crippen molar-refractivity contribution in [2.24, 2.45) is 0 Å². The van der Waals surface area contributed by atoms with Gasteiger partial charge in [0.25, 0.3) is 0 Å². The summed E-state index contributed by atoms with van der Waals surface area (Å²) in [5.74, 6) is 0. The Morgan fingerprint density at radius 2 is 0.981 bits per heavy atom. The van der Waals surface area contributed by atoms with E-state index in [1.54, 1.807) is 0 Å². The van der Waals surface area contributed by atoms with E-state index in [1.807, 2.05) is 17.4 Å². The van der Waals surface area contributed by atoms with E-state index in [0.29, 0.717) is 0 Å². The predicted octanol–water partition coefficient (Wildman–Crippen LogP) is 13.8. The Morgan fingerprint density at radius 1 is 0.404 bits per heavy atom. The fourth-order valence-corrected chi connectivity index (χ4v) is 10.9. The Kier molecular flexibility index (Phi) is 5.62. The average Bonchev–Trinajstić information content (AvgIpc) is 3.94. The van der Waals surface area contributed by atoms with Gasteiger partial charge in [0.1, 0.15) is 11.2 Å². The zero-order valence-corrected chi connectivity index (χ0v) is 28.8. The molecule has 0 aliphatic heterocycles. The van der Waals surface area contributed by atoms with Crippen molar-refractivity contribution in [3.8, 4) is 22.3 Å². The van der Waals surface area contributed by atoms with Crippen LogP contribution in [-0.4, -0.2) is 0 Å². The number of hydrogen-bond donors (Lipinski definition) is 0. The molecule has 0 N–H and O–H groups in total. The summed E-state index contributed by atoms with van der Waals surface area (Å²) in [6.45, 7) is 0. The minimum atomic E-state index is -0.408. The zero-order valence-electron chi connectivity index (χ0n) is 28.0. The minimum Gasteiger partial charge on any atom is -0.456 e. The van der Waals surface area contributed by atoms with E-state index in [2.05, 4.69) is 175 Å². The molecule has 3 heteroatoms. The van der Waals surface area contributed by atoms with Gasteiger partial charge in [-0.15, -0.1) is 11.3 Å². The molecule has 2 aliphatic carbocycles. The largest absolute Gasteiger partial charge is 0.456 e. The number of nitrogens with zero attached hydrogens (tertiary/aromatic N) is 1. The molecule has 2 aliphatic rings. The van der Waals surface area contributed by atoms with Crippen LogP contribution in [0.15, 0.2) is 180 Å². The first-order valence-electron chi connectivity index (χ1n) is 17.9. The molecule has 0 bridgehead atoms. The SMILES string of the molecule is c1ccc(N(c2cccc3c2-c2ccccc2C32c3ccccc3-c3ccccc32)c2cccc3c2sc2c3ccc3oc4ccccc4c32)cc1. The molecule has 242 valence electrons. The number of para-hydroxylation sites is 2. The van der Waals surface area contributed by atoms with Gasteiger partial charge in [0, 0.05) is 37.5 Å². The summed E-state index contributed by atoms with van der Waals surface area (Å²) < 4.78 is 8.87. The van der Waals surface area contributed by atoms with Crippen LogP contribution in [0.5, 0.6) is 0 Å².